The first-order chi connectivity index (χ1) is 11.6. The Balaban J connectivity index is 1.68. The average molecular weight is 361 g/mol. The third-order valence-corrected chi connectivity index (χ3v) is 4.79. The Morgan fingerprint density at radius 1 is 1.21 bits per heavy atom. The largest absolute Gasteiger partial charge is 0.363 e. The van der Waals surface area contributed by atoms with Gasteiger partial charge in [0, 0.05) is 35.1 Å². The standard InChI is InChI=1S/C17H14Cl2N4O/c18-10-4-5-11(13(19)7-10)15-8-16(24)23-17(22-15)12(9-21-23)14-3-1-2-6-20-14/h1-8,12,17,21-22H,9H2. The molecule has 2 unspecified atom stereocenters. The minimum atomic E-state index is -0.223. The van der Waals surface area contributed by atoms with Crippen molar-refractivity contribution in [2.45, 2.75) is 12.1 Å². The Morgan fingerprint density at radius 3 is 2.83 bits per heavy atom. The van der Waals surface area contributed by atoms with Crippen molar-refractivity contribution in [1.29, 1.82) is 0 Å². The highest BCUT2D eigenvalue weighted by Gasteiger charge is 2.41. The third-order valence-electron chi connectivity index (χ3n) is 4.24. The highest BCUT2D eigenvalue weighted by molar-refractivity contribution is 6.35. The van der Waals surface area contributed by atoms with Gasteiger partial charge in [0.15, 0.2) is 0 Å². The molecule has 1 aromatic carbocycles. The van der Waals surface area contributed by atoms with Gasteiger partial charge in [0.2, 0.25) is 0 Å². The molecule has 0 aliphatic carbocycles. The van der Waals surface area contributed by atoms with E-state index in [1.54, 1.807) is 29.4 Å². The molecule has 0 spiro atoms. The number of amides is 1. The molecule has 2 N–H and O–H groups in total. The molecule has 1 amide bonds. The van der Waals surface area contributed by atoms with Crippen molar-refractivity contribution < 1.29 is 4.79 Å². The molecule has 2 aliphatic heterocycles. The minimum Gasteiger partial charge on any atom is -0.363 e. The molecule has 2 atom stereocenters. The lowest BCUT2D eigenvalue weighted by Crippen LogP contribution is -2.52. The third kappa shape index (κ3) is 2.65. The fourth-order valence-corrected chi connectivity index (χ4v) is 3.60. The van der Waals surface area contributed by atoms with Gasteiger partial charge in [0.05, 0.1) is 16.6 Å². The number of benzene rings is 1. The molecule has 1 fully saturated rings. The van der Waals surface area contributed by atoms with Crippen LogP contribution >= 0.6 is 23.2 Å². The number of halogens is 2. The number of rotatable bonds is 2. The van der Waals surface area contributed by atoms with Crippen LogP contribution in [0.3, 0.4) is 0 Å². The summed E-state index contributed by atoms with van der Waals surface area (Å²) < 4.78 is 0. The Hall–Kier alpha value is -2.08. The number of carbonyl (C=O) groups excluding carboxylic acids is 1. The van der Waals surface area contributed by atoms with Gasteiger partial charge in [-0.15, -0.1) is 0 Å². The average Bonchev–Trinajstić information content (AvgIpc) is 3.00. The molecule has 0 saturated carbocycles. The second-order valence-electron chi connectivity index (χ2n) is 5.70. The van der Waals surface area contributed by atoms with Crippen molar-refractivity contribution in [2.24, 2.45) is 0 Å². The Bertz CT molecular complexity index is 825. The van der Waals surface area contributed by atoms with Gasteiger partial charge in [-0.3, -0.25) is 14.8 Å². The number of aromatic nitrogens is 1. The molecule has 122 valence electrons. The summed E-state index contributed by atoms with van der Waals surface area (Å²) in [5, 5.41) is 6.07. The van der Waals surface area contributed by atoms with Gasteiger partial charge in [-0.1, -0.05) is 29.3 Å². The van der Waals surface area contributed by atoms with Crippen LogP contribution < -0.4 is 10.7 Å². The molecule has 0 bridgehead atoms. The normalized spacial score (nSPS) is 22.8. The highest BCUT2D eigenvalue weighted by Crippen LogP contribution is 2.32. The van der Waals surface area contributed by atoms with Crippen LogP contribution in [0.15, 0.2) is 48.7 Å². The maximum absolute atomic E-state index is 12.5. The summed E-state index contributed by atoms with van der Waals surface area (Å²) in [6.07, 6.45) is 3.08. The number of hydrogen-bond acceptors (Lipinski definition) is 4. The Labute approximate surface area is 149 Å². The molecule has 24 heavy (non-hydrogen) atoms. The first-order valence-electron chi connectivity index (χ1n) is 7.55. The van der Waals surface area contributed by atoms with Crippen LogP contribution in [0.1, 0.15) is 17.2 Å². The predicted octanol–water partition coefficient (Wildman–Crippen LogP) is 2.79. The number of nitrogens with zero attached hydrogens (tertiary/aromatic N) is 2. The zero-order valence-electron chi connectivity index (χ0n) is 12.5. The molecule has 4 rings (SSSR count). The van der Waals surface area contributed by atoms with E-state index in [2.05, 4.69) is 15.7 Å². The molecular formula is C17H14Cl2N4O. The van der Waals surface area contributed by atoms with Gasteiger partial charge in [-0.2, -0.15) is 0 Å². The molecule has 1 aromatic heterocycles. The summed E-state index contributed by atoms with van der Waals surface area (Å²) in [6, 6.07) is 11.0. The van der Waals surface area contributed by atoms with Crippen LogP contribution in [-0.2, 0) is 4.79 Å². The van der Waals surface area contributed by atoms with Crippen LogP contribution in [0.2, 0.25) is 10.0 Å². The summed E-state index contributed by atoms with van der Waals surface area (Å²) in [4.78, 5) is 16.9. The maximum Gasteiger partial charge on any atom is 0.264 e. The number of hydrazine groups is 1. The van der Waals surface area contributed by atoms with Gasteiger partial charge in [0.25, 0.3) is 5.91 Å². The first-order valence-corrected chi connectivity index (χ1v) is 8.30. The summed E-state index contributed by atoms with van der Waals surface area (Å²) in [6.45, 7) is 0.635. The van der Waals surface area contributed by atoms with Crippen LogP contribution in [0, 0.1) is 0 Å². The second-order valence-corrected chi connectivity index (χ2v) is 6.55. The van der Waals surface area contributed by atoms with E-state index in [-0.39, 0.29) is 18.0 Å². The second kappa shape index (κ2) is 6.09. The SMILES string of the molecule is O=C1C=C(c2ccc(Cl)cc2Cl)NC2C(c3ccccn3)CNN12. The zero-order valence-corrected chi connectivity index (χ0v) is 14.1. The maximum atomic E-state index is 12.5. The lowest BCUT2D eigenvalue weighted by molar-refractivity contribution is -0.130. The van der Waals surface area contributed by atoms with Gasteiger partial charge in [-0.25, -0.2) is 5.43 Å². The lowest BCUT2D eigenvalue weighted by Gasteiger charge is -2.33. The number of hydrogen-bond donors (Lipinski definition) is 2. The van der Waals surface area contributed by atoms with Gasteiger partial charge < -0.3 is 5.32 Å². The van der Waals surface area contributed by atoms with Crippen molar-refractivity contribution in [2.75, 3.05) is 6.54 Å². The molecule has 3 heterocycles. The van der Waals surface area contributed by atoms with Crippen molar-refractivity contribution in [1.82, 2.24) is 20.7 Å². The molecule has 7 heteroatoms. The van der Waals surface area contributed by atoms with Crippen LogP contribution in [-0.4, -0.2) is 28.6 Å². The lowest BCUT2D eigenvalue weighted by atomic mass is 10.00. The van der Waals surface area contributed by atoms with E-state index in [1.165, 1.54) is 0 Å². The van der Waals surface area contributed by atoms with Crippen LogP contribution in [0.25, 0.3) is 5.70 Å². The number of pyridine rings is 1. The fourth-order valence-electron chi connectivity index (χ4n) is 3.09. The van der Waals surface area contributed by atoms with Crippen molar-refractivity contribution >= 4 is 34.8 Å². The smallest absolute Gasteiger partial charge is 0.264 e. The summed E-state index contributed by atoms with van der Waals surface area (Å²) in [7, 11) is 0. The zero-order chi connectivity index (χ0) is 16.7. The van der Waals surface area contributed by atoms with Crippen LogP contribution in [0.5, 0.6) is 0 Å². The summed E-state index contributed by atoms with van der Waals surface area (Å²) in [5.74, 6) is -0.0666. The fraction of sp³-hybridized carbons (Fsp3) is 0.176. The van der Waals surface area contributed by atoms with Crippen LogP contribution in [0.4, 0.5) is 0 Å². The van der Waals surface area contributed by atoms with E-state index in [0.717, 1.165) is 11.3 Å². The number of nitrogens with one attached hydrogen (secondary N) is 2. The highest BCUT2D eigenvalue weighted by atomic mass is 35.5. The summed E-state index contributed by atoms with van der Waals surface area (Å²) in [5.41, 5.74) is 5.51. The Kier molecular flexibility index (Phi) is 3.92. The van der Waals surface area contributed by atoms with Gasteiger partial charge in [0.1, 0.15) is 6.17 Å². The monoisotopic (exact) mass is 360 g/mol. The van der Waals surface area contributed by atoms with Gasteiger partial charge >= 0.3 is 0 Å². The topological polar surface area (TPSA) is 57.3 Å². The molecule has 2 aliphatic rings. The first kappa shape index (κ1) is 15.4. The quantitative estimate of drug-likeness (QED) is 0.864. The van der Waals surface area contributed by atoms with E-state index in [0.29, 0.717) is 22.3 Å². The van der Waals surface area contributed by atoms with E-state index in [4.69, 9.17) is 23.2 Å². The van der Waals surface area contributed by atoms with Gasteiger partial charge in [-0.05, 0) is 30.3 Å². The minimum absolute atomic E-state index is 0.0462. The summed E-state index contributed by atoms with van der Waals surface area (Å²) >= 11 is 12.2. The predicted molar refractivity (Wildman–Crippen MR) is 93.2 cm³/mol. The molecule has 2 aromatic rings. The van der Waals surface area contributed by atoms with E-state index >= 15 is 0 Å². The van der Waals surface area contributed by atoms with E-state index in [9.17, 15) is 4.79 Å². The van der Waals surface area contributed by atoms with E-state index in [1.807, 2.05) is 24.3 Å². The molecular weight excluding hydrogens is 347 g/mol. The van der Waals surface area contributed by atoms with Crippen molar-refractivity contribution in [3.8, 4) is 0 Å². The Morgan fingerprint density at radius 2 is 2.08 bits per heavy atom. The van der Waals surface area contributed by atoms with Crippen molar-refractivity contribution in [3.63, 3.8) is 0 Å². The number of carbonyl (C=O) groups is 1. The molecule has 0 radical (unpaired) electrons. The number of fused-ring (bicyclic) bond motifs is 1. The van der Waals surface area contributed by atoms with Crippen molar-refractivity contribution in [3.05, 3.63) is 70.0 Å². The molecule has 5 nitrogen and oxygen atoms in total. The van der Waals surface area contributed by atoms with E-state index < -0.39 is 0 Å². The molecule has 1 saturated heterocycles.